The summed E-state index contributed by atoms with van der Waals surface area (Å²) in [7, 11) is 0. The van der Waals surface area contributed by atoms with Crippen LogP contribution in [0.2, 0.25) is 0 Å². The van der Waals surface area contributed by atoms with E-state index in [2.05, 4.69) is 4.98 Å². The smallest absolute Gasteiger partial charge is 0.348 e. The number of thiophene rings is 1. The third kappa shape index (κ3) is 2.13. The third-order valence-electron chi connectivity index (χ3n) is 4.13. The van der Waals surface area contributed by atoms with Crippen LogP contribution in [0.15, 0.2) is 33.5 Å². The lowest BCUT2D eigenvalue weighted by Crippen LogP contribution is -2.03. The van der Waals surface area contributed by atoms with Crippen LogP contribution in [0.25, 0.3) is 21.7 Å². The molecule has 1 aliphatic carbocycles. The molecule has 0 unspecified atom stereocenters. The number of phenolic OH excluding ortho intramolecular Hbond substituents is 1. The van der Waals surface area contributed by atoms with Crippen molar-refractivity contribution in [3.8, 4) is 17.2 Å². The molecule has 0 atom stereocenters. The lowest BCUT2D eigenvalue weighted by atomic mass is 10.1. The van der Waals surface area contributed by atoms with Crippen molar-refractivity contribution in [2.24, 2.45) is 0 Å². The number of fused-ring (bicyclic) bond motifs is 3. The van der Waals surface area contributed by atoms with Crippen LogP contribution < -0.4 is 5.63 Å². The first-order valence-electron chi connectivity index (χ1n) is 7.48. The van der Waals surface area contributed by atoms with Crippen LogP contribution in [0, 0.1) is 0 Å². The zero-order chi connectivity index (χ0) is 15.1. The van der Waals surface area contributed by atoms with Crippen molar-refractivity contribution in [3.63, 3.8) is 0 Å². The molecule has 0 saturated heterocycles. The van der Waals surface area contributed by atoms with Crippen molar-refractivity contribution in [3.05, 3.63) is 45.1 Å². The van der Waals surface area contributed by atoms with Gasteiger partial charge < -0.3 is 9.52 Å². The van der Waals surface area contributed by atoms with Crippen LogP contribution in [0.4, 0.5) is 0 Å². The van der Waals surface area contributed by atoms with Crippen molar-refractivity contribution in [1.29, 1.82) is 0 Å². The summed E-state index contributed by atoms with van der Waals surface area (Å²) in [5.74, 6) is 0.252. The average Bonchev–Trinajstić information content (AvgIpc) is 2.70. The van der Waals surface area contributed by atoms with Crippen molar-refractivity contribution in [2.75, 3.05) is 0 Å². The van der Waals surface area contributed by atoms with Gasteiger partial charge in [0.15, 0.2) is 0 Å². The largest absolute Gasteiger partial charge is 0.507 e. The van der Waals surface area contributed by atoms with E-state index in [1.54, 1.807) is 35.6 Å². The second kappa shape index (κ2) is 5.25. The molecular weight excluding hydrogens is 298 g/mol. The van der Waals surface area contributed by atoms with E-state index in [0.717, 1.165) is 36.1 Å². The average molecular weight is 313 g/mol. The van der Waals surface area contributed by atoms with E-state index in [4.69, 9.17) is 4.42 Å². The van der Waals surface area contributed by atoms with Crippen molar-refractivity contribution >= 4 is 21.6 Å². The number of aryl methyl sites for hydroxylation is 2. The number of benzene rings is 1. The van der Waals surface area contributed by atoms with Crippen molar-refractivity contribution < 1.29 is 9.52 Å². The molecule has 0 amide bonds. The summed E-state index contributed by atoms with van der Waals surface area (Å²) in [6.45, 7) is 0. The Hall–Kier alpha value is -2.14. The Bertz CT molecular complexity index is 910. The van der Waals surface area contributed by atoms with E-state index in [-0.39, 0.29) is 17.3 Å². The third-order valence-corrected chi connectivity index (χ3v) is 5.32. The number of para-hydroxylation sites is 1. The SMILES string of the molecule is O=c1oc(-c2ccccc2O)nc2sc3c(c12)CCCCC3. The van der Waals surface area contributed by atoms with E-state index >= 15 is 0 Å². The van der Waals surface area contributed by atoms with Crippen molar-refractivity contribution in [1.82, 2.24) is 4.98 Å². The summed E-state index contributed by atoms with van der Waals surface area (Å²) < 4.78 is 5.40. The predicted octanol–water partition coefficient (Wildman–Crippen LogP) is 3.89. The Morgan fingerprint density at radius 3 is 2.82 bits per heavy atom. The molecule has 3 aromatic rings. The Labute approximate surface area is 131 Å². The van der Waals surface area contributed by atoms with Gasteiger partial charge in [-0.25, -0.2) is 9.78 Å². The van der Waals surface area contributed by atoms with E-state index in [1.165, 1.54) is 11.3 Å². The predicted molar refractivity (Wildman–Crippen MR) is 86.5 cm³/mol. The van der Waals surface area contributed by atoms with Gasteiger partial charge in [-0.3, -0.25) is 0 Å². The van der Waals surface area contributed by atoms with Gasteiger partial charge in [-0.2, -0.15) is 0 Å². The second-order valence-corrected chi connectivity index (χ2v) is 6.65. The van der Waals surface area contributed by atoms with E-state index < -0.39 is 0 Å². The number of hydrogen-bond acceptors (Lipinski definition) is 5. The first-order valence-corrected chi connectivity index (χ1v) is 8.29. The van der Waals surface area contributed by atoms with E-state index in [1.807, 2.05) is 0 Å². The molecule has 0 spiro atoms. The number of phenols is 1. The summed E-state index contributed by atoms with van der Waals surface area (Å²) in [4.78, 5) is 18.9. The maximum absolute atomic E-state index is 12.4. The first kappa shape index (κ1) is 13.5. The van der Waals surface area contributed by atoms with Gasteiger partial charge >= 0.3 is 5.63 Å². The van der Waals surface area contributed by atoms with Crippen LogP contribution >= 0.6 is 11.3 Å². The van der Waals surface area contributed by atoms with Gasteiger partial charge in [-0.05, 0) is 43.4 Å². The highest BCUT2D eigenvalue weighted by molar-refractivity contribution is 7.18. The van der Waals surface area contributed by atoms with Gasteiger partial charge in [0.1, 0.15) is 16.0 Å². The monoisotopic (exact) mass is 313 g/mol. The molecule has 1 N–H and O–H groups in total. The molecule has 1 aliphatic rings. The minimum atomic E-state index is -0.345. The molecule has 0 bridgehead atoms. The van der Waals surface area contributed by atoms with Gasteiger partial charge in [0.2, 0.25) is 5.89 Å². The molecule has 22 heavy (non-hydrogen) atoms. The van der Waals surface area contributed by atoms with Crippen LogP contribution in [-0.2, 0) is 12.8 Å². The summed E-state index contributed by atoms with van der Waals surface area (Å²) in [5, 5.41) is 10.6. The zero-order valence-corrected chi connectivity index (χ0v) is 12.8. The summed E-state index contributed by atoms with van der Waals surface area (Å²) in [6.07, 6.45) is 5.42. The molecule has 0 aliphatic heterocycles. The standard InChI is InChI=1S/C17H15NO3S/c19-12-8-5-4-6-10(12)15-18-16-14(17(20)21-15)11-7-2-1-3-9-13(11)22-16/h4-6,8,19H,1-3,7,9H2. The topological polar surface area (TPSA) is 63.3 Å². The molecule has 5 heteroatoms. The molecule has 1 aromatic carbocycles. The minimum absolute atomic E-state index is 0.0654. The highest BCUT2D eigenvalue weighted by Gasteiger charge is 2.21. The van der Waals surface area contributed by atoms with E-state index in [9.17, 15) is 9.90 Å². The van der Waals surface area contributed by atoms with Gasteiger partial charge in [-0.15, -0.1) is 11.3 Å². The summed E-state index contributed by atoms with van der Waals surface area (Å²) >= 11 is 1.59. The molecule has 0 radical (unpaired) electrons. The maximum atomic E-state index is 12.4. The summed E-state index contributed by atoms with van der Waals surface area (Å²) in [5.41, 5.74) is 1.23. The van der Waals surface area contributed by atoms with Gasteiger partial charge in [0, 0.05) is 4.88 Å². The highest BCUT2D eigenvalue weighted by Crippen LogP contribution is 2.35. The molecule has 2 aromatic heterocycles. The first-order chi connectivity index (χ1) is 10.7. The fourth-order valence-corrected chi connectivity index (χ4v) is 4.29. The molecule has 4 rings (SSSR count). The highest BCUT2D eigenvalue weighted by atomic mass is 32.1. The molecule has 0 saturated carbocycles. The summed E-state index contributed by atoms with van der Waals surface area (Å²) in [6, 6.07) is 6.77. The Kier molecular flexibility index (Phi) is 3.22. The molecule has 112 valence electrons. The normalized spacial score (nSPS) is 14.7. The van der Waals surface area contributed by atoms with Crippen molar-refractivity contribution in [2.45, 2.75) is 32.1 Å². The van der Waals surface area contributed by atoms with Crippen LogP contribution in [0.1, 0.15) is 29.7 Å². The molecule has 2 heterocycles. The Morgan fingerprint density at radius 2 is 1.95 bits per heavy atom. The van der Waals surface area contributed by atoms with Gasteiger partial charge in [0.05, 0.1) is 5.56 Å². The van der Waals surface area contributed by atoms with Crippen LogP contribution in [-0.4, -0.2) is 10.1 Å². The van der Waals surface area contributed by atoms with Gasteiger partial charge in [-0.1, -0.05) is 18.6 Å². The fraction of sp³-hybridized carbons (Fsp3) is 0.294. The number of nitrogens with zero attached hydrogens (tertiary/aromatic N) is 1. The number of aromatic hydroxyl groups is 1. The number of aromatic nitrogens is 1. The number of hydrogen-bond donors (Lipinski definition) is 1. The Morgan fingerprint density at radius 1 is 1.14 bits per heavy atom. The fourth-order valence-electron chi connectivity index (χ4n) is 3.04. The van der Waals surface area contributed by atoms with E-state index in [0.29, 0.717) is 10.9 Å². The lowest BCUT2D eigenvalue weighted by molar-refractivity contribution is 0.468. The van der Waals surface area contributed by atoms with Crippen LogP contribution in [0.3, 0.4) is 0 Å². The van der Waals surface area contributed by atoms with Gasteiger partial charge in [0.25, 0.3) is 0 Å². The minimum Gasteiger partial charge on any atom is -0.507 e. The lowest BCUT2D eigenvalue weighted by Gasteiger charge is -2.02. The van der Waals surface area contributed by atoms with Crippen LogP contribution in [0.5, 0.6) is 5.75 Å². The molecule has 0 fully saturated rings. The molecule has 4 nitrogen and oxygen atoms in total. The molecular formula is C17H15NO3S. The Balaban J connectivity index is 1.95. The quantitative estimate of drug-likeness (QED) is 0.692. The number of rotatable bonds is 1. The second-order valence-electron chi connectivity index (χ2n) is 5.57. The zero-order valence-electron chi connectivity index (χ0n) is 12.0. The maximum Gasteiger partial charge on any atom is 0.348 e.